The highest BCUT2D eigenvalue weighted by Crippen LogP contribution is 2.35. The molecule has 1 aliphatic rings. The minimum atomic E-state index is 0.0630. The third kappa shape index (κ3) is 3.24. The molecular formula is C20H24N2O. The predicted octanol–water partition coefficient (Wildman–Crippen LogP) is 3.92. The fraction of sp³-hybridized carbons (Fsp3) is 0.350. The van der Waals surface area contributed by atoms with Crippen LogP contribution < -0.4 is 5.73 Å². The van der Waals surface area contributed by atoms with Gasteiger partial charge in [0.05, 0.1) is 5.56 Å². The van der Waals surface area contributed by atoms with Gasteiger partial charge in [0.2, 0.25) is 0 Å². The molecule has 0 radical (unpaired) electrons. The van der Waals surface area contributed by atoms with Crippen LogP contribution in [0.1, 0.15) is 41.6 Å². The van der Waals surface area contributed by atoms with Gasteiger partial charge in [-0.05, 0) is 36.0 Å². The van der Waals surface area contributed by atoms with E-state index in [0.717, 1.165) is 25.9 Å². The van der Waals surface area contributed by atoms with E-state index in [-0.39, 0.29) is 5.91 Å². The number of hydrogen-bond acceptors (Lipinski definition) is 2. The van der Waals surface area contributed by atoms with Crippen molar-refractivity contribution in [1.29, 1.82) is 0 Å². The third-order valence-corrected chi connectivity index (χ3v) is 4.96. The Kier molecular flexibility index (Phi) is 4.65. The predicted molar refractivity (Wildman–Crippen MR) is 94.3 cm³/mol. The first-order chi connectivity index (χ1) is 11.2. The van der Waals surface area contributed by atoms with Crippen molar-refractivity contribution in [2.24, 2.45) is 5.92 Å². The van der Waals surface area contributed by atoms with E-state index in [2.05, 4.69) is 37.3 Å². The second-order valence-electron chi connectivity index (χ2n) is 6.31. The summed E-state index contributed by atoms with van der Waals surface area (Å²) in [6.07, 6.45) is 2.09. The minimum Gasteiger partial charge on any atom is -0.398 e. The summed E-state index contributed by atoms with van der Waals surface area (Å²) in [5.41, 5.74) is 8.55. The van der Waals surface area contributed by atoms with Crippen LogP contribution in [-0.2, 0) is 0 Å². The zero-order valence-corrected chi connectivity index (χ0v) is 13.6. The van der Waals surface area contributed by atoms with Gasteiger partial charge in [-0.25, -0.2) is 0 Å². The average molecular weight is 308 g/mol. The number of nitrogens with zero attached hydrogens (tertiary/aromatic N) is 1. The first kappa shape index (κ1) is 15.6. The molecule has 0 bridgehead atoms. The van der Waals surface area contributed by atoms with E-state index in [1.54, 1.807) is 6.07 Å². The van der Waals surface area contributed by atoms with Crippen molar-refractivity contribution in [3.63, 3.8) is 0 Å². The van der Waals surface area contributed by atoms with Gasteiger partial charge >= 0.3 is 0 Å². The zero-order valence-electron chi connectivity index (χ0n) is 13.6. The SMILES string of the molecule is CCC1CN(C(=O)c2ccccc2N)CCC1c1ccccc1. The molecule has 1 heterocycles. The smallest absolute Gasteiger partial charge is 0.255 e. The lowest BCUT2D eigenvalue weighted by molar-refractivity contribution is 0.0646. The Morgan fingerprint density at radius 2 is 1.83 bits per heavy atom. The number of nitrogen functional groups attached to an aromatic ring is 1. The van der Waals surface area contributed by atoms with Gasteiger partial charge in [-0.1, -0.05) is 55.8 Å². The maximum Gasteiger partial charge on any atom is 0.255 e. The Bertz CT molecular complexity index is 668. The highest BCUT2D eigenvalue weighted by Gasteiger charge is 2.31. The fourth-order valence-electron chi connectivity index (χ4n) is 3.63. The molecule has 1 fully saturated rings. The highest BCUT2D eigenvalue weighted by atomic mass is 16.2. The molecule has 3 nitrogen and oxygen atoms in total. The first-order valence-corrected chi connectivity index (χ1v) is 8.39. The lowest BCUT2D eigenvalue weighted by Crippen LogP contribution is -2.43. The maximum absolute atomic E-state index is 12.8. The summed E-state index contributed by atoms with van der Waals surface area (Å²) >= 11 is 0. The molecule has 2 atom stereocenters. The van der Waals surface area contributed by atoms with Crippen LogP contribution in [0.3, 0.4) is 0 Å². The topological polar surface area (TPSA) is 46.3 Å². The standard InChI is InChI=1S/C20H24N2O/c1-2-15-14-22(20(23)18-10-6-7-11-19(18)21)13-12-17(15)16-8-4-3-5-9-16/h3-11,15,17H,2,12-14,21H2,1H3. The number of likely N-dealkylation sites (tertiary alicyclic amines) is 1. The van der Waals surface area contributed by atoms with Crippen LogP contribution in [0.2, 0.25) is 0 Å². The molecule has 2 aromatic rings. The summed E-state index contributed by atoms with van der Waals surface area (Å²) in [5.74, 6) is 1.10. The monoisotopic (exact) mass is 308 g/mol. The third-order valence-electron chi connectivity index (χ3n) is 4.96. The Labute approximate surface area is 138 Å². The second kappa shape index (κ2) is 6.86. The number of rotatable bonds is 3. The molecule has 0 aromatic heterocycles. The maximum atomic E-state index is 12.8. The Hall–Kier alpha value is -2.29. The number of nitrogens with two attached hydrogens (primary N) is 1. The number of carbonyl (C=O) groups is 1. The zero-order chi connectivity index (χ0) is 16.2. The normalized spacial score (nSPS) is 21.2. The molecule has 120 valence electrons. The lowest BCUT2D eigenvalue weighted by Gasteiger charge is -2.38. The van der Waals surface area contributed by atoms with Crippen molar-refractivity contribution in [1.82, 2.24) is 4.90 Å². The summed E-state index contributed by atoms with van der Waals surface area (Å²) in [5, 5.41) is 0. The highest BCUT2D eigenvalue weighted by molar-refractivity contribution is 5.99. The van der Waals surface area contributed by atoms with Gasteiger partial charge in [-0.2, -0.15) is 0 Å². The van der Waals surface area contributed by atoms with E-state index in [9.17, 15) is 4.79 Å². The summed E-state index contributed by atoms with van der Waals surface area (Å²) < 4.78 is 0. The molecule has 2 aromatic carbocycles. The summed E-state index contributed by atoms with van der Waals surface area (Å²) in [6.45, 7) is 3.82. The van der Waals surface area contributed by atoms with Crippen LogP contribution in [0.5, 0.6) is 0 Å². The number of piperidine rings is 1. The van der Waals surface area contributed by atoms with Crippen LogP contribution in [0.25, 0.3) is 0 Å². The van der Waals surface area contributed by atoms with Crippen molar-refractivity contribution in [2.75, 3.05) is 18.8 Å². The van der Waals surface area contributed by atoms with Crippen molar-refractivity contribution in [3.05, 3.63) is 65.7 Å². The van der Waals surface area contributed by atoms with Gasteiger partial charge in [0.1, 0.15) is 0 Å². The fourth-order valence-corrected chi connectivity index (χ4v) is 3.63. The van der Waals surface area contributed by atoms with Crippen LogP contribution >= 0.6 is 0 Å². The van der Waals surface area contributed by atoms with Gasteiger partial charge in [0.25, 0.3) is 5.91 Å². The molecule has 23 heavy (non-hydrogen) atoms. The van der Waals surface area contributed by atoms with Gasteiger partial charge in [0.15, 0.2) is 0 Å². The molecule has 3 rings (SSSR count). The number of carbonyl (C=O) groups excluding carboxylic acids is 1. The molecular weight excluding hydrogens is 284 g/mol. The molecule has 1 amide bonds. The van der Waals surface area contributed by atoms with E-state index < -0.39 is 0 Å². The van der Waals surface area contributed by atoms with E-state index in [1.807, 2.05) is 23.1 Å². The van der Waals surface area contributed by atoms with Gasteiger partial charge in [-0.15, -0.1) is 0 Å². The Morgan fingerprint density at radius 1 is 1.13 bits per heavy atom. The number of benzene rings is 2. The molecule has 0 spiro atoms. The molecule has 2 unspecified atom stereocenters. The van der Waals surface area contributed by atoms with E-state index in [4.69, 9.17) is 5.73 Å². The van der Waals surface area contributed by atoms with Crippen molar-refractivity contribution < 1.29 is 4.79 Å². The van der Waals surface area contributed by atoms with Gasteiger partial charge in [-0.3, -0.25) is 4.79 Å². The number of para-hydroxylation sites is 1. The van der Waals surface area contributed by atoms with E-state index in [1.165, 1.54) is 5.56 Å². The molecule has 3 heteroatoms. The molecule has 1 saturated heterocycles. The van der Waals surface area contributed by atoms with Gasteiger partial charge in [0, 0.05) is 18.8 Å². The molecule has 0 saturated carbocycles. The minimum absolute atomic E-state index is 0.0630. The Morgan fingerprint density at radius 3 is 2.52 bits per heavy atom. The number of hydrogen-bond donors (Lipinski definition) is 1. The summed E-state index contributed by atoms with van der Waals surface area (Å²) in [6, 6.07) is 18.0. The van der Waals surface area contributed by atoms with E-state index in [0.29, 0.717) is 23.1 Å². The van der Waals surface area contributed by atoms with Crippen LogP contribution in [0.15, 0.2) is 54.6 Å². The number of anilines is 1. The second-order valence-corrected chi connectivity index (χ2v) is 6.31. The van der Waals surface area contributed by atoms with Crippen molar-refractivity contribution in [3.8, 4) is 0 Å². The van der Waals surface area contributed by atoms with Gasteiger partial charge < -0.3 is 10.6 Å². The molecule has 1 aliphatic heterocycles. The largest absolute Gasteiger partial charge is 0.398 e. The quantitative estimate of drug-likeness (QED) is 0.873. The van der Waals surface area contributed by atoms with Crippen molar-refractivity contribution >= 4 is 11.6 Å². The van der Waals surface area contributed by atoms with Crippen LogP contribution in [-0.4, -0.2) is 23.9 Å². The summed E-state index contributed by atoms with van der Waals surface area (Å²) in [4.78, 5) is 14.7. The van der Waals surface area contributed by atoms with Crippen LogP contribution in [0, 0.1) is 5.92 Å². The Balaban J connectivity index is 1.76. The van der Waals surface area contributed by atoms with E-state index >= 15 is 0 Å². The molecule has 0 aliphatic carbocycles. The number of amides is 1. The first-order valence-electron chi connectivity index (χ1n) is 8.39. The molecule has 2 N–H and O–H groups in total. The average Bonchev–Trinajstić information content (AvgIpc) is 2.61. The van der Waals surface area contributed by atoms with Crippen molar-refractivity contribution in [2.45, 2.75) is 25.7 Å². The van der Waals surface area contributed by atoms with Crippen LogP contribution in [0.4, 0.5) is 5.69 Å². The lowest BCUT2D eigenvalue weighted by atomic mass is 9.79. The summed E-state index contributed by atoms with van der Waals surface area (Å²) in [7, 11) is 0.